The number of benzene rings is 3. The molecule has 0 aliphatic heterocycles. The Morgan fingerprint density at radius 2 is 0.650 bits per heavy atom. The maximum absolute atomic E-state index is 11.9. The van der Waals surface area contributed by atoms with Gasteiger partial charge in [-0.2, -0.15) is 0 Å². The molecule has 40 heavy (non-hydrogen) atoms. The standard InChI is InChI=1S/C39H54O/c1-36(2,3)32-20-29(21-33(24-32)37(4,5)6)15-13-27-17-28(19-31(18-27)26-40)14-16-30-22-34(38(7,8)9)25-35(23-30)39(10,11)12/h17-26H,13-16H2,1-12H3. The predicted molar refractivity (Wildman–Crippen MR) is 174 cm³/mol. The van der Waals surface area contributed by atoms with Gasteiger partial charge in [-0.1, -0.05) is 126 Å². The molecule has 1 heteroatoms. The van der Waals surface area contributed by atoms with Gasteiger partial charge in [-0.25, -0.2) is 0 Å². The Hall–Kier alpha value is -2.67. The zero-order valence-electron chi connectivity index (χ0n) is 27.5. The minimum absolute atomic E-state index is 0.109. The van der Waals surface area contributed by atoms with Crippen molar-refractivity contribution < 1.29 is 4.79 Å². The molecule has 0 N–H and O–H groups in total. The number of carbonyl (C=O) groups is 1. The molecule has 0 aliphatic carbocycles. The third kappa shape index (κ3) is 8.66. The highest BCUT2D eigenvalue weighted by atomic mass is 16.1. The summed E-state index contributed by atoms with van der Waals surface area (Å²) < 4.78 is 0. The molecule has 216 valence electrons. The fraction of sp³-hybridized carbons (Fsp3) is 0.513. The first-order valence-electron chi connectivity index (χ1n) is 15.1. The molecule has 3 aromatic carbocycles. The van der Waals surface area contributed by atoms with Gasteiger partial charge in [0.15, 0.2) is 0 Å². The van der Waals surface area contributed by atoms with Gasteiger partial charge in [-0.05, 0) is 104 Å². The van der Waals surface area contributed by atoms with Crippen molar-refractivity contribution in [1.82, 2.24) is 0 Å². The summed E-state index contributed by atoms with van der Waals surface area (Å²) in [6.45, 7) is 27.5. The van der Waals surface area contributed by atoms with Gasteiger partial charge < -0.3 is 0 Å². The number of rotatable bonds is 7. The van der Waals surface area contributed by atoms with E-state index >= 15 is 0 Å². The Morgan fingerprint density at radius 3 is 0.875 bits per heavy atom. The SMILES string of the molecule is CC(C)(C)c1cc(CCc2cc(C=O)cc(CCc3cc(C(C)(C)C)cc(C(C)(C)C)c3)c2)cc(C(C)(C)C)c1. The van der Waals surface area contributed by atoms with E-state index in [0.717, 1.165) is 37.5 Å². The van der Waals surface area contributed by atoms with E-state index in [1.807, 2.05) is 0 Å². The lowest BCUT2D eigenvalue weighted by Gasteiger charge is -2.26. The molecule has 0 atom stereocenters. The van der Waals surface area contributed by atoms with Gasteiger partial charge in [-0.3, -0.25) is 4.79 Å². The van der Waals surface area contributed by atoms with Crippen molar-refractivity contribution in [1.29, 1.82) is 0 Å². The molecule has 0 bridgehead atoms. The van der Waals surface area contributed by atoms with Crippen molar-refractivity contribution in [2.24, 2.45) is 0 Å². The molecule has 0 unspecified atom stereocenters. The van der Waals surface area contributed by atoms with Crippen molar-refractivity contribution in [3.63, 3.8) is 0 Å². The van der Waals surface area contributed by atoms with E-state index in [4.69, 9.17) is 0 Å². The maximum atomic E-state index is 11.9. The van der Waals surface area contributed by atoms with Crippen LogP contribution in [0.5, 0.6) is 0 Å². The molecular formula is C39H54O. The quantitative estimate of drug-likeness (QED) is 0.273. The molecule has 0 heterocycles. The van der Waals surface area contributed by atoms with Crippen LogP contribution in [0.2, 0.25) is 0 Å². The maximum Gasteiger partial charge on any atom is 0.150 e. The van der Waals surface area contributed by atoms with Crippen LogP contribution in [0, 0.1) is 0 Å². The van der Waals surface area contributed by atoms with E-state index < -0.39 is 0 Å². The summed E-state index contributed by atoms with van der Waals surface area (Å²) in [6, 6.07) is 20.8. The fourth-order valence-corrected chi connectivity index (χ4v) is 5.13. The molecule has 0 radical (unpaired) electrons. The van der Waals surface area contributed by atoms with Crippen LogP contribution in [0.1, 0.15) is 138 Å². The largest absolute Gasteiger partial charge is 0.298 e. The predicted octanol–water partition coefficient (Wildman–Crippen LogP) is 10.3. The molecule has 3 aromatic rings. The lowest BCUT2D eigenvalue weighted by atomic mass is 9.79. The fourth-order valence-electron chi connectivity index (χ4n) is 5.13. The third-order valence-electron chi connectivity index (χ3n) is 8.07. The van der Waals surface area contributed by atoms with Crippen LogP contribution in [0.4, 0.5) is 0 Å². The zero-order chi connectivity index (χ0) is 30.1. The Morgan fingerprint density at radius 1 is 0.400 bits per heavy atom. The highest BCUT2D eigenvalue weighted by Crippen LogP contribution is 2.32. The summed E-state index contributed by atoms with van der Waals surface area (Å²) in [6.07, 6.45) is 4.80. The summed E-state index contributed by atoms with van der Waals surface area (Å²) in [7, 11) is 0. The minimum atomic E-state index is 0.109. The van der Waals surface area contributed by atoms with Crippen LogP contribution in [0.3, 0.4) is 0 Å². The van der Waals surface area contributed by atoms with E-state index in [0.29, 0.717) is 0 Å². The molecule has 0 amide bonds. The van der Waals surface area contributed by atoms with E-state index in [2.05, 4.69) is 138 Å². The van der Waals surface area contributed by atoms with Gasteiger partial charge in [-0.15, -0.1) is 0 Å². The Balaban J connectivity index is 1.86. The van der Waals surface area contributed by atoms with Gasteiger partial charge in [0.2, 0.25) is 0 Å². The second-order valence-corrected chi connectivity index (χ2v) is 16.0. The smallest absolute Gasteiger partial charge is 0.150 e. The number of carbonyl (C=O) groups excluding carboxylic acids is 1. The first-order valence-corrected chi connectivity index (χ1v) is 15.1. The Labute approximate surface area is 245 Å². The number of aldehydes is 1. The van der Waals surface area contributed by atoms with Crippen LogP contribution in [0.15, 0.2) is 54.6 Å². The van der Waals surface area contributed by atoms with Crippen molar-refractivity contribution in [2.75, 3.05) is 0 Å². The summed E-state index contributed by atoms with van der Waals surface area (Å²) >= 11 is 0. The second kappa shape index (κ2) is 11.7. The summed E-state index contributed by atoms with van der Waals surface area (Å²) in [5.74, 6) is 0. The summed E-state index contributed by atoms with van der Waals surface area (Å²) in [4.78, 5) is 11.9. The van der Waals surface area contributed by atoms with Crippen molar-refractivity contribution in [2.45, 2.75) is 130 Å². The van der Waals surface area contributed by atoms with Gasteiger partial charge in [0.1, 0.15) is 6.29 Å². The molecule has 0 spiro atoms. The van der Waals surface area contributed by atoms with Crippen LogP contribution in [0.25, 0.3) is 0 Å². The number of hydrogen-bond acceptors (Lipinski definition) is 1. The number of hydrogen-bond donors (Lipinski definition) is 0. The normalized spacial score (nSPS) is 13.0. The molecule has 0 aliphatic rings. The second-order valence-electron chi connectivity index (χ2n) is 16.0. The van der Waals surface area contributed by atoms with Crippen LogP contribution >= 0.6 is 0 Å². The molecule has 0 saturated carbocycles. The molecular weight excluding hydrogens is 484 g/mol. The summed E-state index contributed by atoms with van der Waals surface area (Å²) in [5.41, 5.74) is 12.0. The molecule has 0 aromatic heterocycles. The van der Waals surface area contributed by atoms with Crippen molar-refractivity contribution in [3.8, 4) is 0 Å². The average molecular weight is 539 g/mol. The number of aryl methyl sites for hydroxylation is 4. The topological polar surface area (TPSA) is 17.1 Å². The van der Waals surface area contributed by atoms with E-state index in [1.54, 1.807) is 0 Å². The van der Waals surface area contributed by atoms with Crippen LogP contribution in [-0.4, -0.2) is 6.29 Å². The van der Waals surface area contributed by atoms with Gasteiger partial charge in [0.25, 0.3) is 0 Å². The zero-order valence-corrected chi connectivity index (χ0v) is 27.5. The van der Waals surface area contributed by atoms with Gasteiger partial charge >= 0.3 is 0 Å². The molecule has 3 rings (SSSR count). The van der Waals surface area contributed by atoms with E-state index in [1.165, 1.54) is 44.5 Å². The molecule has 1 nitrogen and oxygen atoms in total. The average Bonchev–Trinajstić information content (AvgIpc) is 2.83. The monoisotopic (exact) mass is 538 g/mol. The van der Waals surface area contributed by atoms with Crippen LogP contribution in [-0.2, 0) is 47.3 Å². The van der Waals surface area contributed by atoms with Gasteiger partial charge in [0.05, 0.1) is 0 Å². The summed E-state index contributed by atoms with van der Waals surface area (Å²) in [5, 5.41) is 0. The van der Waals surface area contributed by atoms with E-state index in [9.17, 15) is 4.79 Å². The lowest BCUT2D eigenvalue weighted by molar-refractivity contribution is 0.112. The molecule has 0 saturated heterocycles. The van der Waals surface area contributed by atoms with Crippen molar-refractivity contribution in [3.05, 3.63) is 105 Å². The minimum Gasteiger partial charge on any atom is -0.298 e. The molecule has 0 fully saturated rings. The van der Waals surface area contributed by atoms with E-state index in [-0.39, 0.29) is 21.7 Å². The highest BCUT2D eigenvalue weighted by Gasteiger charge is 2.22. The van der Waals surface area contributed by atoms with Gasteiger partial charge in [0, 0.05) is 5.56 Å². The van der Waals surface area contributed by atoms with Crippen LogP contribution < -0.4 is 0 Å². The Kier molecular flexibility index (Phi) is 9.29. The lowest BCUT2D eigenvalue weighted by Crippen LogP contribution is -2.17. The Bertz CT molecular complexity index is 1160. The first kappa shape index (κ1) is 31.9. The third-order valence-corrected chi connectivity index (χ3v) is 8.07. The van der Waals surface area contributed by atoms with Crippen molar-refractivity contribution >= 4 is 6.29 Å². The first-order chi connectivity index (χ1) is 18.3. The highest BCUT2D eigenvalue weighted by molar-refractivity contribution is 5.75.